The molecule has 0 spiro atoms. The molecule has 0 unspecified atom stereocenters. The lowest BCUT2D eigenvalue weighted by Crippen LogP contribution is -2.34. The predicted octanol–water partition coefficient (Wildman–Crippen LogP) is 5.23. The zero-order valence-corrected chi connectivity index (χ0v) is 19.4. The van der Waals surface area contributed by atoms with Gasteiger partial charge in [0.15, 0.2) is 0 Å². The van der Waals surface area contributed by atoms with Crippen LogP contribution < -0.4 is 10.2 Å². The molecule has 0 atom stereocenters. The summed E-state index contributed by atoms with van der Waals surface area (Å²) in [6.07, 6.45) is 3.88. The van der Waals surface area contributed by atoms with E-state index in [4.69, 9.17) is 11.6 Å². The minimum Gasteiger partial charge on any atom is -0.356 e. The third-order valence-corrected chi connectivity index (χ3v) is 5.42. The van der Waals surface area contributed by atoms with Gasteiger partial charge < -0.3 is 9.88 Å². The molecule has 0 bridgehead atoms. The number of imidazole rings is 1. The Hall–Kier alpha value is -2.80. The van der Waals surface area contributed by atoms with Crippen molar-refractivity contribution in [2.75, 3.05) is 23.3 Å². The number of nitrogens with zero attached hydrogens (tertiary/aromatic N) is 4. The Kier molecular flexibility index (Phi) is 7.74. The maximum Gasteiger partial charge on any atom is 0.213 e. The molecule has 2 aromatic heterocycles. The number of nitrogens with one attached hydrogen (secondary N) is 2. The summed E-state index contributed by atoms with van der Waals surface area (Å²) in [5.74, 6) is 1.97. The van der Waals surface area contributed by atoms with Crippen LogP contribution in [-0.4, -0.2) is 39.2 Å². The van der Waals surface area contributed by atoms with Crippen LogP contribution in [0.1, 0.15) is 56.1 Å². The predicted molar refractivity (Wildman–Crippen MR) is 126 cm³/mol. The molecule has 1 aromatic carbocycles. The van der Waals surface area contributed by atoms with Gasteiger partial charge in [-0.1, -0.05) is 37.9 Å². The second kappa shape index (κ2) is 10.5. The molecular formula is C23H31ClN6O. The highest BCUT2D eigenvalue weighted by molar-refractivity contribution is 6.30. The van der Waals surface area contributed by atoms with Crippen molar-refractivity contribution in [1.29, 1.82) is 0 Å². The average Bonchev–Trinajstić information content (AvgIpc) is 3.31. The van der Waals surface area contributed by atoms with Gasteiger partial charge in [-0.3, -0.25) is 10.1 Å². The smallest absolute Gasteiger partial charge is 0.213 e. The standard InChI is InChI=1S/C20H23ClN6O.C3H8/c1-13-10-18(27(25-13)17-5-3-4-16(21)11-17)26-8-6-15(7-9-26)19-14(2)23-20(24-19)22-12-28;1-3-2/h3-5,10-12,15H,6-9H2,1-2H3,(H2,22,23,24,28);3H2,1-2H3. The Balaban J connectivity index is 0.000000858. The maximum absolute atomic E-state index is 10.6. The number of hydrogen-bond donors (Lipinski definition) is 2. The summed E-state index contributed by atoms with van der Waals surface area (Å²) in [4.78, 5) is 20.7. The van der Waals surface area contributed by atoms with Crippen molar-refractivity contribution in [2.45, 2.75) is 52.9 Å². The van der Waals surface area contributed by atoms with Gasteiger partial charge in [-0.15, -0.1) is 0 Å². The number of aromatic nitrogens is 4. The lowest BCUT2D eigenvalue weighted by atomic mass is 9.92. The Morgan fingerprint density at radius 2 is 1.94 bits per heavy atom. The van der Waals surface area contributed by atoms with Crippen LogP contribution in [0.4, 0.5) is 11.8 Å². The Morgan fingerprint density at radius 1 is 1.23 bits per heavy atom. The molecular weight excluding hydrogens is 412 g/mol. The van der Waals surface area contributed by atoms with E-state index in [2.05, 4.69) is 45.2 Å². The van der Waals surface area contributed by atoms with Crippen LogP contribution in [0.15, 0.2) is 30.3 Å². The van der Waals surface area contributed by atoms with Crippen molar-refractivity contribution >= 4 is 29.8 Å². The number of piperidine rings is 1. The molecule has 0 saturated carbocycles. The van der Waals surface area contributed by atoms with Crippen LogP contribution >= 0.6 is 11.6 Å². The number of halogens is 1. The van der Waals surface area contributed by atoms with Crippen LogP contribution in [0.5, 0.6) is 0 Å². The van der Waals surface area contributed by atoms with Gasteiger partial charge >= 0.3 is 0 Å². The minimum absolute atomic E-state index is 0.373. The SMILES string of the molecule is CCC.Cc1cc(N2CCC(c3nc(NC=O)[nH]c3C)CC2)n(-c2cccc(Cl)c2)n1. The zero-order chi connectivity index (χ0) is 22.4. The molecule has 1 amide bonds. The minimum atomic E-state index is 0.373. The van der Waals surface area contributed by atoms with Crippen molar-refractivity contribution in [3.8, 4) is 5.69 Å². The van der Waals surface area contributed by atoms with Crippen molar-refractivity contribution in [1.82, 2.24) is 19.7 Å². The topological polar surface area (TPSA) is 78.8 Å². The number of benzene rings is 1. The second-order valence-electron chi connectivity index (χ2n) is 7.86. The molecule has 0 aliphatic carbocycles. The normalized spacial score (nSPS) is 14.2. The molecule has 3 aromatic rings. The average molecular weight is 443 g/mol. The number of carbonyl (C=O) groups is 1. The van der Waals surface area contributed by atoms with E-state index in [1.54, 1.807) is 0 Å². The van der Waals surface area contributed by atoms with E-state index in [0.717, 1.165) is 54.5 Å². The third-order valence-electron chi connectivity index (χ3n) is 5.19. The van der Waals surface area contributed by atoms with E-state index < -0.39 is 0 Å². The van der Waals surface area contributed by atoms with Crippen molar-refractivity contribution in [3.63, 3.8) is 0 Å². The van der Waals surface area contributed by atoms with Crippen LogP contribution in [0.2, 0.25) is 5.02 Å². The van der Waals surface area contributed by atoms with Crippen LogP contribution in [0.25, 0.3) is 5.69 Å². The van der Waals surface area contributed by atoms with Crippen molar-refractivity contribution in [2.24, 2.45) is 0 Å². The molecule has 1 fully saturated rings. The second-order valence-corrected chi connectivity index (χ2v) is 8.30. The van der Waals surface area contributed by atoms with E-state index in [9.17, 15) is 4.79 Å². The molecule has 0 radical (unpaired) electrons. The summed E-state index contributed by atoms with van der Waals surface area (Å²) in [5.41, 5.74) is 4.00. The van der Waals surface area contributed by atoms with E-state index in [1.807, 2.05) is 42.8 Å². The van der Waals surface area contributed by atoms with Gasteiger partial charge in [0, 0.05) is 35.8 Å². The number of carbonyl (C=O) groups excluding carboxylic acids is 1. The lowest BCUT2D eigenvalue weighted by molar-refractivity contribution is -0.105. The molecule has 3 heterocycles. The van der Waals surface area contributed by atoms with Crippen LogP contribution in [0, 0.1) is 13.8 Å². The molecule has 4 rings (SSSR count). The van der Waals surface area contributed by atoms with Crippen molar-refractivity contribution in [3.05, 3.63) is 52.4 Å². The molecule has 7 nitrogen and oxygen atoms in total. The first-order valence-corrected chi connectivity index (χ1v) is 11.2. The van der Waals surface area contributed by atoms with Gasteiger partial charge in [-0.25, -0.2) is 9.67 Å². The summed E-state index contributed by atoms with van der Waals surface area (Å²) >= 11 is 6.17. The monoisotopic (exact) mass is 442 g/mol. The summed E-state index contributed by atoms with van der Waals surface area (Å²) < 4.78 is 1.97. The number of amides is 1. The number of hydrogen-bond acceptors (Lipinski definition) is 4. The summed E-state index contributed by atoms with van der Waals surface area (Å²) in [6.45, 7) is 10.1. The van der Waals surface area contributed by atoms with Gasteiger partial charge in [-0.2, -0.15) is 5.10 Å². The van der Waals surface area contributed by atoms with Gasteiger partial charge in [0.25, 0.3) is 0 Å². The van der Waals surface area contributed by atoms with E-state index in [1.165, 1.54) is 6.42 Å². The molecule has 1 aliphatic rings. The molecule has 8 heteroatoms. The number of H-pyrrole nitrogens is 1. The van der Waals surface area contributed by atoms with E-state index in [-0.39, 0.29) is 0 Å². The fourth-order valence-corrected chi connectivity index (χ4v) is 4.07. The highest BCUT2D eigenvalue weighted by Crippen LogP contribution is 2.33. The van der Waals surface area contributed by atoms with Gasteiger partial charge in [0.05, 0.1) is 17.1 Å². The highest BCUT2D eigenvalue weighted by Gasteiger charge is 2.26. The van der Waals surface area contributed by atoms with Gasteiger partial charge in [0.1, 0.15) is 5.82 Å². The van der Waals surface area contributed by atoms with Gasteiger partial charge in [-0.05, 0) is 44.9 Å². The first-order valence-electron chi connectivity index (χ1n) is 10.8. The quantitative estimate of drug-likeness (QED) is 0.530. The van der Waals surface area contributed by atoms with Crippen molar-refractivity contribution < 1.29 is 4.79 Å². The van der Waals surface area contributed by atoms with E-state index >= 15 is 0 Å². The Labute approximate surface area is 188 Å². The molecule has 31 heavy (non-hydrogen) atoms. The number of aryl methyl sites for hydroxylation is 2. The molecule has 2 N–H and O–H groups in total. The number of rotatable bonds is 5. The first kappa shape index (κ1) is 22.9. The molecule has 166 valence electrons. The highest BCUT2D eigenvalue weighted by atomic mass is 35.5. The first-order chi connectivity index (χ1) is 15.0. The van der Waals surface area contributed by atoms with Crippen LogP contribution in [0.3, 0.4) is 0 Å². The molecule has 1 saturated heterocycles. The summed E-state index contributed by atoms with van der Waals surface area (Å²) in [6, 6.07) is 9.87. The Bertz CT molecular complexity index is 1000. The summed E-state index contributed by atoms with van der Waals surface area (Å²) in [7, 11) is 0. The largest absolute Gasteiger partial charge is 0.356 e. The van der Waals surface area contributed by atoms with Crippen LogP contribution in [-0.2, 0) is 4.79 Å². The Morgan fingerprint density at radius 3 is 2.58 bits per heavy atom. The summed E-state index contributed by atoms with van der Waals surface area (Å²) in [5, 5.41) is 7.96. The zero-order valence-electron chi connectivity index (χ0n) is 18.7. The fourth-order valence-electron chi connectivity index (χ4n) is 3.89. The number of anilines is 2. The lowest BCUT2D eigenvalue weighted by Gasteiger charge is -2.33. The van der Waals surface area contributed by atoms with E-state index in [0.29, 0.717) is 23.3 Å². The number of aromatic amines is 1. The third kappa shape index (κ3) is 5.47. The molecule has 1 aliphatic heterocycles. The fraction of sp³-hybridized carbons (Fsp3) is 0.435. The maximum atomic E-state index is 10.6. The van der Waals surface area contributed by atoms with Gasteiger partial charge in [0.2, 0.25) is 12.4 Å².